The molecule has 0 saturated carbocycles. The van der Waals surface area contributed by atoms with Crippen molar-refractivity contribution in [3.8, 4) is 17.4 Å². The van der Waals surface area contributed by atoms with E-state index in [9.17, 15) is 4.79 Å². The van der Waals surface area contributed by atoms with Gasteiger partial charge in [0.05, 0.1) is 6.61 Å². The van der Waals surface area contributed by atoms with Crippen LogP contribution in [0.3, 0.4) is 0 Å². The summed E-state index contributed by atoms with van der Waals surface area (Å²) in [5, 5.41) is 10.9. The summed E-state index contributed by atoms with van der Waals surface area (Å²) >= 11 is 3.35. The molecule has 0 spiro atoms. The summed E-state index contributed by atoms with van der Waals surface area (Å²) in [5.74, 6) is 1.06. The smallest absolute Gasteiger partial charge is 0.262 e. The second kappa shape index (κ2) is 7.20. The first kappa shape index (κ1) is 16.6. The Labute approximate surface area is 157 Å². The number of hydrogen-bond acceptors (Lipinski definition) is 6. The number of carbonyl (C=O) groups is 1. The summed E-state index contributed by atoms with van der Waals surface area (Å²) in [6.45, 7) is 1.22. The van der Waals surface area contributed by atoms with Gasteiger partial charge in [-0.25, -0.2) is 9.97 Å². The van der Waals surface area contributed by atoms with Crippen molar-refractivity contribution in [3.63, 3.8) is 0 Å². The van der Waals surface area contributed by atoms with Crippen LogP contribution in [0.1, 0.15) is 23.2 Å². The van der Waals surface area contributed by atoms with Crippen molar-refractivity contribution in [2.24, 2.45) is 0 Å². The van der Waals surface area contributed by atoms with E-state index in [-0.39, 0.29) is 5.91 Å². The third-order valence-corrected chi connectivity index (χ3v) is 4.36. The molecule has 3 aromatic heterocycles. The van der Waals surface area contributed by atoms with Crippen LogP contribution in [0.25, 0.3) is 11.5 Å². The second-order valence-corrected chi connectivity index (χ2v) is 6.69. The largest absolute Gasteiger partial charge is 0.477 e. The lowest BCUT2D eigenvalue weighted by Crippen LogP contribution is -2.16. The molecule has 0 unspecified atom stereocenters. The third kappa shape index (κ3) is 3.43. The van der Waals surface area contributed by atoms with Gasteiger partial charge in [-0.3, -0.25) is 4.79 Å². The zero-order valence-corrected chi connectivity index (χ0v) is 15.3. The van der Waals surface area contributed by atoms with Gasteiger partial charge >= 0.3 is 0 Å². The van der Waals surface area contributed by atoms with E-state index >= 15 is 0 Å². The number of anilines is 1. The molecule has 0 aliphatic carbocycles. The number of ether oxygens (including phenoxy) is 1. The highest BCUT2D eigenvalue weighted by Gasteiger charge is 2.17. The zero-order chi connectivity index (χ0) is 17.9. The summed E-state index contributed by atoms with van der Waals surface area (Å²) in [6.07, 6.45) is 4.98. The maximum absolute atomic E-state index is 12.7. The van der Waals surface area contributed by atoms with Gasteiger partial charge in [0.1, 0.15) is 23.4 Å². The van der Waals surface area contributed by atoms with Gasteiger partial charge in [0.2, 0.25) is 5.88 Å². The average Bonchev–Trinajstić information content (AvgIpc) is 3.10. The Hall–Kier alpha value is -2.81. The van der Waals surface area contributed by atoms with Crippen molar-refractivity contribution >= 4 is 27.7 Å². The Morgan fingerprint density at radius 1 is 1.27 bits per heavy atom. The molecule has 26 heavy (non-hydrogen) atoms. The summed E-state index contributed by atoms with van der Waals surface area (Å²) in [6, 6.07) is 7.07. The van der Waals surface area contributed by atoms with Gasteiger partial charge in [-0.1, -0.05) is 6.07 Å². The van der Waals surface area contributed by atoms with Crippen molar-refractivity contribution in [1.29, 1.82) is 0 Å². The van der Waals surface area contributed by atoms with E-state index in [1.807, 2.05) is 16.7 Å². The molecule has 0 atom stereocenters. The first-order chi connectivity index (χ1) is 12.7. The molecule has 0 saturated heterocycles. The molecule has 0 aromatic carbocycles. The molecular formula is C17H15BrN6O2. The van der Waals surface area contributed by atoms with E-state index in [1.165, 1.54) is 0 Å². The van der Waals surface area contributed by atoms with Crippen molar-refractivity contribution in [2.75, 3.05) is 11.9 Å². The third-order valence-electron chi connectivity index (χ3n) is 3.93. The van der Waals surface area contributed by atoms with Crippen molar-refractivity contribution in [2.45, 2.75) is 19.4 Å². The average molecular weight is 415 g/mol. The van der Waals surface area contributed by atoms with Crippen LogP contribution >= 0.6 is 15.9 Å². The van der Waals surface area contributed by atoms with E-state index in [4.69, 9.17) is 4.74 Å². The summed E-state index contributed by atoms with van der Waals surface area (Å²) in [5.41, 5.74) is 1.01. The number of rotatable bonds is 0. The Bertz CT molecular complexity index is 958. The lowest BCUT2D eigenvalue weighted by Gasteiger charge is -2.13. The SMILES string of the molecule is O=C1Nc2cccc(n2)-c2nncn2CCCCOc2ncc(Br)cc21. The van der Waals surface area contributed by atoms with E-state index in [2.05, 4.69) is 41.4 Å². The number of aryl methyl sites for hydroxylation is 1. The number of amides is 1. The monoisotopic (exact) mass is 414 g/mol. The van der Waals surface area contributed by atoms with Gasteiger partial charge in [0.25, 0.3) is 5.91 Å². The quantitative estimate of drug-likeness (QED) is 0.607. The van der Waals surface area contributed by atoms with E-state index in [0.29, 0.717) is 39.9 Å². The molecule has 1 N–H and O–H groups in total. The van der Waals surface area contributed by atoms with Crippen LogP contribution in [0.5, 0.6) is 5.88 Å². The van der Waals surface area contributed by atoms with Crippen molar-refractivity contribution < 1.29 is 9.53 Å². The van der Waals surface area contributed by atoms with Crippen molar-refractivity contribution in [1.82, 2.24) is 24.7 Å². The van der Waals surface area contributed by atoms with Crippen LogP contribution in [-0.2, 0) is 6.54 Å². The molecule has 1 aliphatic heterocycles. The number of nitrogens with zero attached hydrogens (tertiary/aromatic N) is 5. The molecule has 2 bridgehead atoms. The minimum absolute atomic E-state index is 0.309. The predicted octanol–water partition coefficient (Wildman–Crippen LogP) is 2.92. The minimum atomic E-state index is -0.336. The topological polar surface area (TPSA) is 94.8 Å². The highest BCUT2D eigenvalue weighted by molar-refractivity contribution is 9.10. The Morgan fingerprint density at radius 3 is 3.12 bits per heavy atom. The molecular weight excluding hydrogens is 400 g/mol. The Kier molecular flexibility index (Phi) is 4.61. The standard InChI is InChI=1S/C17H15BrN6O2/c18-11-8-12-16(25)22-14-5-3-4-13(21-14)15-23-20-10-24(15)6-1-2-7-26-17(12)19-9-11/h3-5,8-10H,1-2,6-7H2,(H,21,22,25). The van der Waals surface area contributed by atoms with Gasteiger partial charge in [-0.2, -0.15) is 0 Å². The maximum Gasteiger partial charge on any atom is 0.262 e. The molecule has 1 aliphatic rings. The number of nitrogens with one attached hydrogen (secondary N) is 1. The number of pyridine rings is 2. The van der Waals surface area contributed by atoms with E-state index < -0.39 is 0 Å². The number of halogens is 1. The predicted molar refractivity (Wildman–Crippen MR) is 97.9 cm³/mol. The highest BCUT2D eigenvalue weighted by Crippen LogP contribution is 2.23. The van der Waals surface area contributed by atoms with Crippen LogP contribution in [0.2, 0.25) is 0 Å². The van der Waals surface area contributed by atoms with Crippen LogP contribution < -0.4 is 10.1 Å². The van der Waals surface area contributed by atoms with Gasteiger partial charge in [-0.15, -0.1) is 10.2 Å². The van der Waals surface area contributed by atoms with Gasteiger partial charge < -0.3 is 14.6 Å². The molecule has 132 valence electrons. The minimum Gasteiger partial charge on any atom is -0.477 e. The number of fused-ring (bicyclic) bond motifs is 5. The first-order valence-corrected chi connectivity index (χ1v) is 8.95. The van der Waals surface area contributed by atoms with Crippen LogP contribution in [-0.4, -0.2) is 37.2 Å². The fourth-order valence-corrected chi connectivity index (χ4v) is 3.02. The zero-order valence-electron chi connectivity index (χ0n) is 13.7. The lowest BCUT2D eigenvalue weighted by atomic mass is 10.2. The Morgan fingerprint density at radius 2 is 2.19 bits per heavy atom. The summed E-state index contributed by atoms with van der Waals surface area (Å²) in [4.78, 5) is 21.4. The Balaban J connectivity index is 1.74. The molecule has 9 heteroatoms. The van der Waals surface area contributed by atoms with E-state index in [0.717, 1.165) is 19.4 Å². The van der Waals surface area contributed by atoms with Crippen LogP contribution in [0, 0.1) is 0 Å². The van der Waals surface area contributed by atoms with Gasteiger partial charge in [0.15, 0.2) is 5.82 Å². The fourth-order valence-electron chi connectivity index (χ4n) is 2.69. The molecule has 8 nitrogen and oxygen atoms in total. The number of hydrogen-bond donors (Lipinski definition) is 1. The second-order valence-electron chi connectivity index (χ2n) is 5.77. The normalized spacial score (nSPS) is 14.4. The van der Waals surface area contributed by atoms with Gasteiger partial charge in [0, 0.05) is 17.2 Å². The van der Waals surface area contributed by atoms with Gasteiger partial charge in [-0.05, 0) is 47.0 Å². The lowest BCUT2D eigenvalue weighted by molar-refractivity contribution is 0.102. The van der Waals surface area contributed by atoms with E-state index in [1.54, 1.807) is 24.7 Å². The molecule has 4 heterocycles. The van der Waals surface area contributed by atoms with Crippen LogP contribution in [0.4, 0.5) is 5.82 Å². The molecule has 4 rings (SSSR count). The molecule has 3 aromatic rings. The van der Waals surface area contributed by atoms with Crippen molar-refractivity contribution in [3.05, 3.63) is 46.8 Å². The number of carbonyl (C=O) groups excluding carboxylic acids is 1. The van der Waals surface area contributed by atoms with Crippen LogP contribution in [0.15, 0.2) is 41.3 Å². The molecule has 1 amide bonds. The molecule has 0 radical (unpaired) electrons. The summed E-state index contributed by atoms with van der Waals surface area (Å²) in [7, 11) is 0. The highest BCUT2D eigenvalue weighted by atomic mass is 79.9. The fraction of sp³-hybridized carbons (Fsp3) is 0.235. The molecule has 0 fully saturated rings. The maximum atomic E-state index is 12.7. The number of aromatic nitrogens is 5. The first-order valence-electron chi connectivity index (χ1n) is 8.15. The summed E-state index contributed by atoms with van der Waals surface area (Å²) < 4.78 is 8.38.